The molecule has 2 aromatic rings. The Labute approximate surface area is 114 Å². The molecule has 0 aliphatic carbocycles. The summed E-state index contributed by atoms with van der Waals surface area (Å²) in [7, 11) is 1.26. The zero-order chi connectivity index (χ0) is 14.0. The van der Waals surface area contributed by atoms with Crippen LogP contribution < -0.4 is 5.32 Å². The zero-order valence-electron chi connectivity index (χ0n) is 10.4. The number of fused-ring (bicyclic) bond motifs is 1. The van der Waals surface area contributed by atoms with Gasteiger partial charge < -0.3 is 10.1 Å². The normalized spacial score (nSPS) is 12.2. The number of ether oxygens (including phenoxy) is 1. The van der Waals surface area contributed by atoms with Crippen LogP contribution in [0.4, 0.5) is 0 Å². The Hall–Kier alpha value is -2.08. The second-order valence-electron chi connectivity index (χ2n) is 3.90. The first kappa shape index (κ1) is 13.4. The quantitative estimate of drug-likeness (QED) is 0.860. The SMILES string of the molecule is COC(=O)[C@H](C)NC(=O)c1c(Cl)nc2ccccn12. The zero-order valence-corrected chi connectivity index (χ0v) is 11.1. The molecule has 1 amide bonds. The summed E-state index contributed by atoms with van der Waals surface area (Å²) >= 11 is 5.95. The van der Waals surface area contributed by atoms with E-state index in [-0.39, 0.29) is 10.8 Å². The number of carbonyl (C=O) groups is 2. The molecule has 2 rings (SSSR count). The summed E-state index contributed by atoms with van der Waals surface area (Å²) < 4.78 is 6.10. The molecule has 0 radical (unpaired) electrons. The second-order valence-corrected chi connectivity index (χ2v) is 4.26. The summed E-state index contributed by atoms with van der Waals surface area (Å²) in [6.07, 6.45) is 1.67. The lowest BCUT2D eigenvalue weighted by Crippen LogP contribution is -2.39. The maximum atomic E-state index is 12.1. The van der Waals surface area contributed by atoms with Gasteiger partial charge in [-0.05, 0) is 19.1 Å². The Kier molecular flexibility index (Phi) is 3.71. The van der Waals surface area contributed by atoms with Crippen molar-refractivity contribution < 1.29 is 14.3 Å². The predicted octanol–water partition coefficient (Wildman–Crippen LogP) is 1.28. The Balaban J connectivity index is 2.31. The van der Waals surface area contributed by atoms with Crippen molar-refractivity contribution in [1.82, 2.24) is 14.7 Å². The number of nitrogens with one attached hydrogen (secondary N) is 1. The highest BCUT2D eigenvalue weighted by atomic mass is 35.5. The smallest absolute Gasteiger partial charge is 0.328 e. The molecule has 0 aliphatic rings. The lowest BCUT2D eigenvalue weighted by molar-refractivity contribution is -0.142. The Morgan fingerprint density at radius 1 is 1.47 bits per heavy atom. The molecule has 1 atom stereocenters. The minimum Gasteiger partial charge on any atom is -0.467 e. The van der Waals surface area contributed by atoms with Gasteiger partial charge in [-0.25, -0.2) is 9.78 Å². The molecule has 2 heterocycles. The number of aromatic nitrogens is 2. The summed E-state index contributed by atoms with van der Waals surface area (Å²) in [6, 6.07) is 4.51. The highest BCUT2D eigenvalue weighted by Gasteiger charge is 2.22. The fraction of sp³-hybridized carbons (Fsp3) is 0.250. The van der Waals surface area contributed by atoms with Crippen molar-refractivity contribution in [2.75, 3.05) is 7.11 Å². The van der Waals surface area contributed by atoms with Gasteiger partial charge in [0.25, 0.3) is 5.91 Å². The molecule has 6 nitrogen and oxygen atoms in total. The van der Waals surface area contributed by atoms with Crippen LogP contribution in [0.15, 0.2) is 24.4 Å². The number of carbonyl (C=O) groups excluding carboxylic acids is 2. The molecule has 0 bridgehead atoms. The van der Waals surface area contributed by atoms with Gasteiger partial charge in [0.1, 0.15) is 11.7 Å². The molecule has 0 saturated heterocycles. The number of esters is 1. The van der Waals surface area contributed by atoms with Crippen molar-refractivity contribution in [2.45, 2.75) is 13.0 Å². The van der Waals surface area contributed by atoms with Crippen LogP contribution in [-0.4, -0.2) is 34.4 Å². The minimum absolute atomic E-state index is 0.0840. The third-order valence-corrected chi connectivity index (χ3v) is 2.87. The van der Waals surface area contributed by atoms with Gasteiger partial charge in [0.2, 0.25) is 0 Å². The average Bonchev–Trinajstić information content (AvgIpc) is 2.73. The predicted molar refractivity (Wildman–Crippen MR) is 69.1 cm³/mol. The van der Waals surface area contributed by atoms with E-state index in [0.29, 0.717) is 5.65 Å². The van der Waals surface area contributed by atoms with E-state index < -0.39 is 17.9 Å². The van der Waals surface area contributed by atoms with Crippen LogP contribution in [0.2, 0.25) is 5.15 Å². The van der Waals surface area contributed by atoms with E-state index in [1.807, 2.05) is 0 Å². The van der Waals surface area contributed by atoms with Crippen LogP contribution in [0, 0.1) is 0 Å². The number of rotatable bonds is 3. The Bertz CT molecular complexity index is 638. The van der Waals surface area contributed by atoms with Crippen LogP contribution in [-0.2, 0) is 9.53 Å². The lowest BCUT2D eigenvalue weighted by atomic mass is 10.3. The van der Waals surface area contributed by atoms with Crippen LogP contribution in [0.25, 0.3) is 5.65 Å². The van der Waals surface area contributed by atoms with E-state index in [0.717, 1.165) is 0 Å². The van der Waals surface area contributed by atoms with E-state index in [2.05, 4.69) is 15.0 Å². The van der Waals surface area contributed by atoms with E-state index >= 15 is 0 Å². The maximum absolute atomic E-state index is 12.1. The van der Waals surface area contributed by atoms with Crippen molar-refractivity contribution >= 4 is 29.1 Å². The number of hydrogen-bond acceptors (Lipinski definition) is 4. The molecule has 1 N–H and O–H groups in total. The summed E-state index contributed by atoms with van der Waals surface area (Å²) in [5.41, 5.74) is 0.747. The second kappa shape index (κ2) is 5.27. The Morgan fingerprint density at radius 2 is 2.21 bits per heavy atom. The third kappa shape index (κ3) is 2.53. The molecule has 0 spiro atoms. The van der Waals surface area contributed by atoms with Crippen LogP contribution >= 0.6 is 11.6 Å². The van der Waals surface area contributed by atoms with Crippen LogP contribution in [0.3, 0.4) is 0 Å². The van der Waals surface area contributed by atoms with Gasteiger partial charge in [0, 0.05) is 6.20 Å². The summed E-state index contributed by atoms with van der Waals surface area (Å²) in [4.78, 5) is 27.4. The monoisotopic (exact) mass is 281 g/mol. The molecule has 0 fully saturated rings. The molecule has 0 unspecified atom stereocenters. The number of hydrogen-bond donors (Lipinski definition) is 1. The average molecular weight is 282 g/mol. The molecule has 7 heteroatoms. The van der Waals surface area contributed by atoms with Gasteiger partial charge in [-0.1, -0.05) is 17.7 Å². The largest absolute Gasteiger partial charge is 0.467 e. The van der Waals surface area contributed by atoms with Crippen LogP contribution in [0.5, 0.6) is 0 Å². The van der Waals surface area contributed by atoms with Crippen molar-refractivity contribution in [3.05, 3.63) is 35.2 Å². The molecule has 0 saturated carbocycles. The molecule has 0 aliphatic heterocycles. The van der Waals surface area contributed by atoms with Crippen molar-refractivity contribution in [3.8, 4) is 0 Å². The maximum Gasteiger partial charge on any atom is 0.328 e. The molecule has 0 aromatic carbocycles. The first-order valence-corrected chi connectivity index (χ1v) is 5.93. The van der Waals surface area contributed by atoms with E-state index in [1.165, 1.54) is 14.0 Å². The fourth-order valence-corrected chi connectivity index (χ4v) is 1.93. The lowest BCUT2D eigenvalue weighted by Gasteiger charge is -2.11. The number of halogens is 1. The topological polar surface area (TPSA) is 72.7 Å². The van der Waals surface area contributed by atoms with E-state index in [9.17, 15) is 9.59 Å². The van der Waals surface area contributed by atoms with E-state index in [1.54, 1.807) is 28.8 Å². The van der Waals surface area contributed by atoms with Gasteiger partial charge in [0.05, 0.1) is 7.11 Å². The number of nitrogens with zero attached hydrogens (tertiary/aromatic N) is 2. The first-order valence-electron chi connectivity index (χ1n) is 5.56. The summed E-state index contributed by atoms with van der Waals surface area (Å²) in [5, 5.41) is 2.59. The van der Waals surface area contributed by atoms with E-state index in [4.69, 9.17) is 11.6 Å². The van der Waals surface area contributed by atoms with Gasteiger partial charge in [-0.15, -0.1) is 0 Å². The highest BCUT2D eigenvalue weighted by Crippen LogP contribution is 2.17. The minimum atomic E-state index is -0.761. The standard InChI is InChI=1S/C12H12ClN3O3/c1-7(12(18)19-2)14-11(17)9-10(13)15-8-5-3-4-6-16(8)9/h3-7H,1-2H3,(H,14,17)/t7-/m0/s1. The van der Waals surface area contributed by atoms with Crippen molar-refractivity contribution in [1.29, 1.82) is 0 Å². The van der Waals surface area contributed by atoms with Gasteiger partial charge in [0.15, 0.2) is 10.8 Å². The van der Waals surface area contributed by atoms with Gasteiger partial charge in [-0.2, -0.15) is 0 Å². The molecule has 19 heavy (non-hydrogen) atoms. The number of methoxy groups -OCH3 is 1. The first-order chi connectivity index (χ1) is 9.04. The molecule has 2 aromatic heterocycles. The highest BCUT2D eigenvalue weighted by molar-refractivity contribution is 6.32. The van der Waals surface area contributed by atoms with Crippen molar-refractivity contribution in [2.24, 2.45) is 0 Å². The van der Waals surface area contributed by atoms with Crippen LogP contribution in [0.1, 0.15) is 17.4 Å². The molecular formula is C12H12ClN3O3. The van der Waals surface area contributed by atoms with Gasteiger partial charge >= 0.3 is 5.97 Å². The third-order valence-electron chi connectivity index (χ3n) is 2.60. The Morgan fingerprint density at radius 3 is 2.89 bits per heavy atom. The van der Waals surface area contributed by atoms with Crippen molar-refractivity contribution in [3.63, 3.8) is 0 Å². The molecular weight excluding hydrogens is 270 g/mol. The number of pyridine rings is 1. The van der Waals surface area contributed by atoms with Gasteiger partial charge in [-0.3, -0.25) is 9.20 Å². The number of imidazole rings is 1. The summed E-state index contributed by atoms with van der Waals surface area (Å²) in [6.45, 7) is 1.53. The number of amides is 1. The summed E-state index contributed by atoms with van der Waals surface area (Å²) in [5.74, 6) is -1.01. The molecule has 100 valence electrons. The fourth-order valence-electron chi connectivity index (χ4n) is 1.67.